The van der Waals surface area contributed by atoms with Gasteiger partial charge in [0, 0.05) is 19.0 Å². The van der Waals surface area contributed by atoms with Gasteiger partial charge in [0.2, 0.25) is 11.8 Å². The number of rotatable bonds is 9. The first-order chi connectivity index (χ1) is 18.1. The van der Waals surface area contributed by atoms with Crippen molar-refractivity contribution in [3.8, 4) is 0 Å². The van der Waals surface area contributed by atoms with Crippen LogP contribution in [0.15, 0.2) is 83.8 Å². The Kier molecular flexibility index (Phi) is 7.97. The molecule has 0 saturated carbocycles. The van der Waals surface area contributed by atoms with E-state index in [4.69, 9.17) is 0 Å². The van der Waals surface area contributed by atoms with Crippen LogP contribution in [0, 0.1) is 6.92 Å². The molecule has 0 fully saturated rings. The molecule has 1 atom stereocenters. The van der Waals surface area contributed by atoms with Crippen LogP contribution in [-0.4, -0.2) is 54.0 Å². The molecule has 3 aromatic carbocycles. The molecule has 9 heteroatoms. The smallest absolute Gasteiger partial charge is 0.269 e. The Morgan fingerprint density at radius 3 is 2.24 bits per heavy atom. The average Bonchev–Trinajstić information content (AvgIpc) is 3.07. The quantitative estimate of drug-likeness (QED) is 0.455. The van der Waals surface area contributed by atoms with Crippen LogP contribution in [0.4, 0.5) is 0 Å². The van der Waals surface area contributed by atoms with Crippen molar-refractivity contribution < 1.29 is 22.8 Å². The summed E-state index contributed by atoms with van der Waals surface area (Å²) >= 11 is 0. The van der Waals surface area contributed by atoms with Crippen molar-refractivity contribution in [2.75, 3.05) is 6.54 Å². The second-order valence-electron chi connectivity index (χ2n) is 9.69. The number of nitrogens with zero attached hydrogens (tertiary/aromatic N) is 2. The van der Waals surface area contributed by atoms with Crippen LogP contribution < -0.4 is 5.32 Å². The summed E-state index contributed by atoms with van der Waals surface area (Å²) < 4.78 is 26.9. The Morgan fingerprint density at radius 2 is 1.58 bits per heavy atom. The van der Waals surface area contributed by atoms with Crippen molar-refractivity contribution in [1.29, 1.82) is 0 Å². The molecule has 8 nitrogen and oxygen atoms in total. The van der Waals surface area contributed by atoms with Crippen LogP contribution in [0.5, 0.6) is 0 Å². The number of hydrogen-bond acceptors (Lipinski definition) is 5. The monoisotopic (exact) mass is 533 g/mol. The van der Waals surface area contributed by atoms with Crippen LogP contribution in [0.1, 0.15) is 40.9 Å². The number of hydrogen-bond donors (Lipinski definition) is 1. The van der Waals surface area contributed by atoms with E-state index in [2.05, 4.69) is 5.32 Å². The first kappa shape index (κ1) is 27.1. The number of aryl methyl sites for hydroxylation is 1. The molecule has 3 amide bonds. The highest BCUT2D eigenvalue weighted by Gasteiger charge is 2.43. The lowest BCUT2D eigenvalue weighted by Crippen LogP contribution is -2.54. The zero-order valence-electron chi connectivity index (χ0n) is 21.6. The molecule has 1 N–H and O–H groups in total. The van der Waals surface area contributed by atoms with Gasteiger partial charge in [-0.3, -0.25) is 14.4 Å². The number of carbonyl (C=O) groups excluding carboxylic acids is 3. The largest absolute Gasteiger partial charge is 0.352 e. The highest BCUT2D eigenvalue weighted by molar-refractivity contribution is 7.90. The Balaban J connectivity index is 1.72. The number of benzene rings is 3. The van der Waals surface area contributed by atoms with Crippen molar-refractivity contribution in [3.05, 3.63) is 101 Å². The fraction of sp³-hybridized carbons (Fsp3) is 0.276. The lowest BCUT2D eigenvalue weighted by Gasteiger charge is -2.33. The summed E-state index contributed by atoms with van der Waals surface area (Å²) in [7, 11) is -4.19. The molecule has 3 aromatic rings. The number of sulfonamides is 1. The molecule has 1 aliphatic heterocycles. The third-order valence-corrected chi connectivity index (χ3v) is 8.12. The van der Waals surface area contributed by atoms with Gasteiger partial charge in [-0.05, 0) is 44.0 Å². The third kappa shape index (κ3) is 5.78. The zero-order chi connectivity index (χ0) is 27.4. The number of amides is 3. The predicted octanol–water partition coefficient (Wildman–Crippen LogP) is 3.30. The number of fused-ring (bicyclic) bond motifs is 1. The maximum Gasteiger partial charge on any atom is 0.269 e. The summed E-state index contributed by atoms with van der Waals surface area (Å²) in [4.78, 5) is 41.6. The van der Waals surface area contributed by atoms with E-state index >= 15 is 0 Å². The summed E-state index contributed by atoms with van der Waals surface area (Å²) in [6.07, 6.45) is 0.220. The Labute approximate surface area is 223 Å². The Morgan fingerprint density at radius 1 is 0.921 bits per heavy atom. The molecule has 0 aromatic heterocycles. The van der Waals surface area contributed by atoms with E-state index in [-0.39, 0.29) is 35.4 Å². The zero-order valence-corrected chi connectivity index (χ0v) is 22.4. The molecule has 38 heavy (non-hydrogen) atoms. The van der Waals surface area contributed by atoms with Gasteiger partial charge in [-0.25, -0.2) is 12.7 Å². The fourth-order valence-corrected chi connectivity index (χ4v) is 6.06. The maximum atomic E-state index is 13.9. The molecular weight excluding hydrogens is 502 g/mol. The molecule has 0 unspecified atom stereocenters. The highest BCUT2D eigenvalue weighted by atomic mass is 32.2. The minimum absolute atomic E-state index is 0.0314. The van der Waals surface area contributed by atoms with Gasteiger partial charge in [0.25, 0.3) is 15.9 Å². The molecule has 4 rings (SSSR count). The molecule has 0 radical (unpaired) electrons. The second-order valence-corrected chi connectivity index (χ2v) is 11.5. The van der Waals surface area contributed by atoms with Crippen molar-refractivity contribution >= 4 is 27.7 Å². The van der Waals surface area contributed by atoms with Crippen LogP contribution in [-0.2, 0) is 32.6 Å². The van der Waals surface area contributed by atoms with E-state index in [1.54, 1.807) is 6.07 Å². The third-order valence-electron chi connectivity index (χ3n) is 6.33. The SMILES string of the molecule is Cc1cccc(CN(C(=O)CN2C(=O)c3ccccc3S2(=O)=O)[C@@H](Cc2ccccc2)C(=O)NC(C)C)c1. The minimum Gasteiger partial charge on any atom is -0.352 e. The average molecular weight is 534 g/mol. The lowest BCUT2D eigenvalue weighted by molar-refractivity contribution is -0.141. The molecule has 0 aliphatic carbocycles. The maximum absolute atomic E-state index is 13.9. The van der Waals surface area contributed by atoms with Crippen molar-refractivity contribution in [1.82, 2.24) is 14.5 Å². The van der Waals surface area contributed by atoms with Crippen LogP contribution in [0.25, 0.3) is 0 Å². The van der Waals surface area contributed by atoms with Crippen LogP contribution >= 0.6 is 0 Å². The van der Waals surface area contributed by atoms with Gasteiger partial charge in [-0.15, -0.1) is 0 Å². The molecule has 0 spiro atoms. The molecule has 198 valence electrons. The summed E-state index contributed by atoms with van der Waals surface area (Å²) in [5.41, 5.74) is 2.64. The second kappa shape index (κ2) is 11.2. The van der Waals surface area contributed by atoms with Gasteiger partial charge in [0.15, 0.2) is 0 Å². The van der Waals surface area contributed by atoms with Gasteiger partial charge in [0.1, 0.15) is 17.5 Å². The van der Waals surface area contributed by atoms with Crippen LogP contribution in [0.3, 0.4) is 0 Å². The van der Waals surface area contributed by atoms with E-state index in [1.807, 2.05) is 75.4 Å². The first-order valence-corrected chi connectivity index (χ1v) is 13.9. The van der Waals surface area contributed by atoms with Gasteiger partial charge in [-0.1, -0.05) is 72.3 Å². The summed E-state index contributed by atoms with van der Waals surface area (Å²) in [6, 6.07) is 21.6. The Bertz CT molecular complexity index is 1450. The van der Waals surface area contributed by atoms with Gasteiger partial charge >= 0.3 is 0 Å². The standard InChI is InChI=1S/C29H31N3O5S/c1-20(2)30-28(34)25(17-22-11-5-4-6-12-22)31(18-23-13-9-10-21(3)16-23)27(33)19-32-29(35)24-14-7-8-15-26(24)38(32,36)37/h4-16,20,25H,17-19H2,1-3H3,(H,30,34)/t25-/m0/s1. The highest BCUT2D eigenvalue weighted by Crippen LogP contribution is 2.30. The molecule has 0 saturated heterocycles. The topological polar surface area (TPSA) is 104 Å². The van der Waals surface area contributed by atoms with E-state index < -0.39 is 34.4 Å². The minimum atomic E-state index is -4.19. The summed E-state index contributed by atoms with van der Waals surface area (Å²) in [6.45, 7) is 4.95. The van der Waals surface area contributed by atoms with Crippen LogP contribution in [0.2, 0.25) is 0 Å². The summed E-state index contributed by atoms with van der Waals surface area (Å²) in [5.74, 6) is -1.75. The summed E-state index contributed by atoms with van der Waals surface area (Å²) in [5, 5.41) is 2.90. The van der Waals surface area contributed by atoms with Gasteiger partial charge in [0.05, 0.1) is 5.56 Å². The predicted molar refractivity (Wildman–Crippen MR) is 144 cm³/mol. The molecular formula is C29H31N3O5S. The fourth-order valence-electron chi connectivity index (χ4n) is 4.54. The van der Waals surface area contributed by atoms with Crippen molar-refractivity contribution in [2.24, 2.45) is 0 Å². The van der Waals surface area contributed by atoms with E-state index in [0.29, 0.717) is 4.31 Å². The van der Waals surface area contributed by atoms with E-state index in [1.165, 1.54) is 23.1 Å². The molecule has 1 aliphatic rings. The molecule has 0 bridgehead atoms. The Hall–Kier alpha value is -3.98. The van der Waals surface area contributed by atoms with Gasteiger partial charge in [-0.2, -0.15) is 0 Å². The molecule has 1 heterocycles. The van der Waals surface area contributed by atoms with Crippen molar-refractivity contribution in [3.63, 3.8) is 0 Å². The first-order valence-electron chi connectivity index (χ1n) is 12.4. The number of nitrogens with one attached hydrogen (secondary N) is 1. The number of carbonyl (C=O) groups is 3. The van der Waals surface area contributed by atoms with Crippen molar-refractivity contribution in [2.45, 2.75) is 50.7 Å². The van der Waals surface area contributed by atoms with E-state index in [0.717, 1.165) is 16.7 Å². The normalized spacial score (nSPS) is 14.7. The lowest BCUT2D eigenvalue weighted by atomic mass is 10.0. The van der Waals surface area contributed by atoms with Gasteiger partial charge < -0.3 is 10.2 Å². The van der Waals surface area contributed by atoms with E-state index in [9.17, 15) is 22.8 Å².